The summed E-state index contributed by atoms with van der Waals surface area (Å²) in [6.45, 7) is 6.54. The van der Waals surface area contributed by atoms with Gasteiger partial charge in [-0.15, -0.1) is 0 Å². The minimum atomic E-state index is -1.00. The molecule has 0 radical (unpaired) electrons. The predicted octanol–water partition coefficient (Wildman–Crippen LogP) is -0.328. The van der Waals surface area contributed by atoms with Crippen LogP contribution in [0.4, 0.5) is 0 Å². The van der Waals surface area contributed by atoms with E-state index < -0.39 is 11.9 Å². The number of hydrogen-bond donors (Lipinski definition) is 0. The van der Waals surface area contributed by atoms with E-state index in [2.05, 4.69) is 4.85 Å². The third-order valence-electron chi connectivity index (χ3n) is 1.61. The fraction of sp³-hybridized carbons (Fsp3) is 0.750. The largest absolute Gasteiger partial charge is 0.501 e. The van der Waals surface area contributed by atoms with Crippen molar-refractivity contribution in [2.75, 3.05) is 0 Å². The summed E-state index contributed by atoms with van der Waals surface area (Å²) in [4.78, 5) is 3.09. The number of nitrogens with zero attached hydrogens (tertiary/aromatic N) is 1. The Bertz CT molecular complexity index is 212. The SMILES string of the molecule is [C-]#[N+]C12OC3(OC13)O2. The second-order valence-corrected chi connectivity index (χ2v) is 2.05. The van der Waals surface area contributed by atoms with Crippen molar-refractivity contribution < 1.29 is 14.2 Å². The summed E-state index contributed by atoms with van der Waals surface area (Å²) in [7, 11) is 0. The van der Waals surface area contributed by atoms with Crippen molar-refractivity contribution in [3.05, 3.63) is 11.4 Å². The van der Waals surface area contributed by atoms with E-state index in [9.17, 15) is 0 Å². The van der Waals surface area contributed by atoms with Crippen molar-refractivity contribution in [1.29, 1.82) is 0 Å². The molecule has 4 nitrogen and oxygen atoms in total. The molecule has 0 aromatic heterocycles. The number of rotatable bonds is 0. The van der Waals surface area contributed by atoms with Gasteiger partial charge in [0.1, 0.15) is 0 Å². The van der Waals surface area contributed by atoms with Crippen LogP contribution in [0.25, 0.3) is 4.85 Å². The maximum Gasteiger partial charge on any atom is 0.501 e. The summed E-state index contributed by atoms with van der Waals surface area (Å²) in [5.41, 5.74) is 0. The summed E-state index contributed by atoms with van der Waals surface area (Å²) >= 11 is 0. The standard InChI is InChI=1S/C4HNO3/c1-5-3-2-4(6-2,7-3)8-3/h2H. The minimum absolute atomic E-state index is 0.0625. The highest BCUT2D eigenvalue weighted by Gasteiger charge is 3.04. The highest BCUT2D eigenvalue weighted by Crippen LogP contribution is 2.72. The average Bonchev–Trinajstić information content (AvgIpc) is 2.08. The second-order valence-electron chi connectivity index (χ2n) is 2.05. The van der Waals surface area contributed by atoms with E-state index in [0.29, 0.717) is 0 Å². The summed E-state index contributed by atoms with van der Waals surface area (Å²) in [6, 6.07) is 0. The smallest absolute Gasteiger partial charge is 0.298 e. The average molecular weight is 111 g/mol. The lowest BCUT2D eigenvalue weighted by Gasteiger charge is -2.41. The molecule has 4 rings (SSSR count). The summed E-state index contributed by atoms with van der Waals surface area (Å²) in [5.74, 6) is -1.72. The van der Waals surface area contributed by atoms with Crippen LogP contribution in [0.1, 0.15) is 0 Å². The number of ether oxygens (including phenoxy) is 3. The van der Waals surface area contributed by atoms with Gasteiger partial charge in [0.25, 0.3) is 6.10 Å². The van der Waals surface area contributed by atoms with Crippen molar-refractivity contribution in [3.8, 4) is 0 Å². The lowest BCUT2D eigenvalue weighted by atomic mass is 10.1. The highest BCUT2D eigenvalue weighted by atomic mass is 17.1. The molecule has 0 N–H and O–H groups in total. The van der Waals surface area contributed by atoms with E-state index in [0.717, 1.165) is 0 Å². The molecule has 0 aromatic carbocycles. The molecule has 4 saturated heterocycles. The van der Waals surface area contributed by atoms with Gasteiger partial charge in [-0.05, 0) is 0 Å². The molecule has 1 unspecified atom stereocenters. The first-order chi connectivity index (χ1) is 3.81. The monoisotopic (exact) mass is 111 g/mol. The van der Waals surface area contributed by atoms with Gasteiger partial charge in [-0.3, -0.25) is 4.74 Å². The Morgan fingerprint density at radius 1 is 1.50 bits per heavy atom. The third-order valence-corrected chi connectivity index (χ3v) is 1.61. The van der Waals surface area contributed by atoms with Crippen LogP contribution in [0, 0.1) is 6.57 Å². The molecular formula is C4HNO3. The molecular weight excluding hydrogens is 110 g/mol. The molecule has 0 amide bonds. The lowest BCUT2D eigenvalue weighted by molar-refractivity contribution is -0.535. The van der Waals surface area contributed by atoms with Gasteiger partial charge in [-0.2, -0.15) is 0 Å². The van der Waals surface area contributed by atoms with Crippen molar-refractivity contribution in [3.63, 3.8) is 0 Å². The zero-order valence-electron chi connectivity index (χ0n) is 3.75. The van der Waals surface area contributed by atoms with Gasteiger partial charge in [0.05, 0.1) is 0 Å². The maximum absolute atomic E-state index is 6.54. The Labute approximate surface area is 44.8 Å². The quantitative estimate of drug-likeness (QED) is 0.317. The minimum Gasteiger partial charge on any atom is -0.298 e. The Hall–Kier alpha value is -0.630. The van der Waals surface area contributed by atoms with Crippen LogP contribution in [0.5, 0.6) is 0 Å². The van der Waals surface area contributed by atoms with Gasteiger partial charge in [-0.1, -0.05) is 0 Å². The van der Waals surface area contributed by atoms with Crippen LogP contribution in [0.3, 0.4) is 0 Å². The molecule has 4 heterocycles. The second kappa shape index (κ2) is 0.544. The lowest BCUT2D eigenvalue weighted by Crippen LogP contribution is -2.71. The van der Waals surface area contributed by atoms with E-state index in [1.165, 1.54) is 0 Å². The van der Waals surface area contributed by atoms with Crippen molar-refractivity contribution >= 4 is 0 Å². The van der Waals surface area contributed by atoms with Crippen LogP contribution >= 0.6 is 0 Å². The van der Waals surface area contributed by atoms with E-state index in [1.807, 2.05) is 0 Å². The van der Waals surface area contributed by atoms with Crippen molar-refractivity contribution in [2.24, 2.45) is 0 Å². The molecule has 8 heavy (non-hydrogen) atoms. The molecule has 1 atom stereocenters. The predicted molar refractivity (Wildman–Crippen MR) is 19.1 cm³/mol. The van der Waals surface area contributed by atoms with Crippen LogP contribution in [0.15, 0.2) is 0 Å². The van der Waals surface area contributed by atoms with Crippen molar-refractivity contribution in [2.45, 2.75) is 18.0 Å². The molecule has 2 bridgehead atoms. The fourth-order valence-corrected chi connectivity index (χ4v) is 1.09. The van der Waals surface area contributed by atoms with Crippen LogP contribution in [-0.4, -0.2) is 18.0 Å². The van der Waals surface area contributed by atoms with Crippen LogP contribution in [-0.2, 0) is 14.2 Å². The van der Waals surface area contributed by atoms with E-state index in [4.69, 9.17) is 20.8 Å². The fourth-order valence-electron chi connectivity index (χ4n) is 1.09. The van der Waals surface area contributed by atoms with Crippen molar-refractivity contribution in [1.82, 2.24) is 0 Å². The molecule has 0 aromatic rings. The molecule has 4 fully saturated rings. The summed E-state index contributed by atoms with van der Waals surface area (Å²) in [6.07, 6.45) is -0.0625. The molecule has 4 heteroatoms. The molecule has 1 spiro atoms. The maximum atomic E-state index is 6.54. The van der Waals surface area contributed by atoms with Gasteiger partial charge in [-0.25, -0.2) is 20.9 Å². The number of epoxide rings is 1. The first-order valence-electron chi connectivity index (χ1n) is 2.28. The summed E-state index contributed by atoms with van der Waals surface area (Å²) < 4.78 is 14.5. The van der Waals surface area contributed by atoms with Gasteiger partial charge < -0.3 is 0 Å². The Morgan fingerprint density at radius 3 is 2.38 bits per heavy atom. The Kier molecular flexibility index (Phi) is 0.232. The van der Waals surface area contributed by atoms with Gasteiger partial charge in [0.2, 0.25) is 0 Å². The summed E-state index contributed by atoms with van der Waals surface area (Å²) in [5, 5.41) is 0. The topological polar surface area (TPSA) is 35.3 Å². The van der Waals surface area contributed by atoms with Crippen LogP contribution in [0.2, 0.25) is 0 Å². The first kappa shape index (κ1) is 3.41. The molecule has 4 aliphatic rings. The van der Waals surface area contributed by atoms with E-state index in [-0.39, 0.29) is 6.10 Å². The first-order valence-corrected chi connectivity index (χ1v) is 2.28. The van der Waals surface area contributed by atoms with Crippen LogP contribution < -0.4 is 0 Å². The van der Waals surface area contributed by atoms with Gasteiger partial charge in [0, 0.05) is 0 Å². The normalized spacial score (nSPS) is 71.1. The zero-order chi connectivity index (χ0) is 5.41. The van der Waals surface area contributed by atoms with Gasteiger partial charge >= 0.3 is 11.9 Å². The van der Waals surface area contributed by atoms with E-state index >= 15 is 0 Å². The zero-order valence-corrected chi connectivity index (χ0v) is 3.75. The molecule has 0 saturated carbocycles. The van der Waals surface area contributed by atoms with Gasteiger partial charge in [0.15, 0.2) is 0 Å². The van der Waals surface area contributed by atoms with E-state index in [1.54, 1.807) is 0 Å². The molecule has 0 aliphatic carbocycles. The molecule has 4 aliphatic heterocycles. The molecule has 40 valence electrons. The Balaban J connectivity index is 2.11. The third kappa shape index (κ3) is 0.119. The highest BCUT2D eigenvalue weighted by molar-refractivity contribution is 5.23. The Morgan fingerprint density at radius 2 is 2.25 bits per heavy atom. The number of hydrogen-bond acceptors (Lipinski definition) is 3.